The number of aliphatic hydroxyl groups is 1. The first-order chi connectivity index (χ1) is 7.62. The van der Waals surface area contributed by atoms with E-state index in [2.05, 4.69) is 4.74 Å². The normalized spacial score (nSPS) is 10.2. The summed E-state index contributed by atoms with van der Waals surface area (Å²) >= 11 is 0. The topological polar surface area (TPSA) is 63.6 Å². The maximum Gasteiger partial charge on any atom is 0.387 e. The number of aliphatic hydroxyl groups excluding tert-OH is 1. The highest BCUT2D eigenvalue weighted by molar-refractivity contribution is 5.89. The van der Waals surface area contributed by atoms with Crippen LogP contribution in [0.4, 0.5) is 8.78 Å². The summed E-state index contributed by atoms with van der Waals surface area (Å²) in [7, 11) is 0. The van der Waals surface area contributed by atoms with Gasteiger partial charge in [0.2, 0.25) is 0 Å². The Kier molecular flexibility index (Phi) is 4.07. The molecule has 0 amide bonds. The third kappa shape index (κ3) is 2.60. The van der Waals surface area contributed by atoms with E-state index < -0.39 is 19.0 Å². The molecule has 0 saturated heterocycles. The number of benzene rings is 1. The van der Waals surface area contributed by atoms with Crippen molar-refractivity contribution in [2.45, 2.75) is 13.2 Å². The number of ether oxygens (including phenoxy) is 1. The molecule has 0 radical (unpaired) electrons. The molecular formula is C10H8F2O4. The lowest BCUT2D eigenvalue weighted by Gasteiger charge is -2.10. The third-order valence-corrected chi connectivity index (χ3v) is 1.85. The van der Waals surface area contributed by atoms with E-state index in [-0.39, 0.29) is 29.3 Å². The van der Waals surface area contributed by atoms with E-state index >= 15 is 0 Å². The summed E-state index contributed by atoms with van der Waals surface area (Å²) in [5, 5.41) is 8.83. The summed E-state index contributed by atoms with van der Waals surface area (Å²) in [6.45, 7) is -3.53. The second kappa shape index (κ2) is 5.32. The minimum absolute atomic E-state index is 0.200. The van der Waals surface area contributed by atoms with Crippen LogP contribution in [0.15, 0.2) is 12.1 Å². The van der Waals surface area contributed by atoms with Crippen LogP contribution in [0.3, 0.4) is 0 Å². The molecule has 0 aliphatic carbocycles. The van der Waals surface area contributed by atoms with Crippen molar-refractivity contribution < 1.29 is 28.2 Å². The van der Waals surface area contributed by atoms with Gasteiger partial charge < -0.3 is 9.84 Å². The molecule has 0 unspecified atom stereocenters. The zero-order chi connectivity index (χ0) is 12.1. The Balaban J connectivity index is 3.31. The van der Waals surface area contributed by atoms with Gasteiger partial charge in [0.15, 0.2) is 12.6 Å². The van der Waals surface area contributed by atoms with Crippen LogP contribution >= 0.6 is 0 Å². The smallest absolute Gasteiger partial charge is 0.387 e. The molecule has 86 valence electrons. The van der Waals surface area contributed by atoms with Gasteiger partial charge in [0.05, 0.1) is 17.7 Å². The van der Waals surface area contributed by atoms with E-state index in [1.54, 1.807) is 0 Å². The second-order valence-corrected chi connectivity index (χ2v) is 2.88. The van der Waals surface area contributed by atoms with Crippen LogP contribution in [0.25, 0.3) is 0 Å². The highest BCUT2D eigenvalue weighted by atomic mass is 19.3. The van der Waals surface area contributed by atoms with Crippen molar-refractivity contribution in [3.8, 4) is 5.75 Å². The van der Waals surface area contributed by atoms with Crippen LogP contribution in [0.5, 0.6) is 5.75 Å². The van der Waals surface area contributed by atoms with Gasteiger partial charge in [-0.3, -0.25) is 9.59 Å². The molecule has 1 aromatic rings. The maximum absolute atomic E-state index is 12.0. The van der Waals surface area contributed by atoms with Crippen molar-refractivity contribution in [2.75, 3.05) is 0 Å². The summed E-state index contributed by atoms with van der Waals surface area (Å²) in [6, 6.07) is 2.36. The molecule has 0 bridgehead atoms. The molecule has 0 saturated carbocycles. The average molecular weight is 230 g/mol. The van der Waals surface area contributed by atoms with Gasteiger partial charge in [-0.1, -0.05) is 0 Å². The first-order valence-electron chi connectivity index (χ1n) is 4.25. The molecule has 0 aliphatic rings. The van der Waals surface area contributed by atoms with E-state index in [4.69, 9.17) is 5.11 Å². The SMILES string of the molecule is O=Cc1cc(CO)cc(C=O)c1OC(F)F. The number of halogens is 2. The monoisotopic (exact) mass is 230 g/mol. The number of alkyl halides is 2. The average Bonchev–Trinajstić information content (AvgIpc) is 2.28. The molecule has 0 heterocycles. The van der Waals surface area contributed by atoms with Gasteiger partial charge in [-0.2, -0.15) is 8.78 Å². The van der Waals surface area contributed by atoms with E-state index in [0.29, 0.717) is 0 Å². The van der Waals surface area contributed by atoms with Crippen molar-refractivity contribution in [2.24, 2.45) is 0 Å². The number of hydrogen-bond donors (Lipinski definition) is 1. The van der Waals surface area contributed by atoms with Gasteiger partial charge in [0.25, 0.3) is 0 Å². The minimum atomic E-state index is -3.13. The summed E-state index contributed by atoms with van der Waals surface area (Å²) < 4.78 is 28.1. The van der Waals surface area contributed by atoms with Gasteiger partial charge in [-0.25, -0.2) is 0 Å². The molecule has 4 nitrogen and oxygen atoms in total. The number of hydrogen-bond acceptors (Lipinski definition) is 4. The van der Waals surface area contributed by atoms with E-state index in [9.17, 15) is 18.4 Å². The van der Waals surface area contributed by atoms with Crippen LogP contribution < -0.4 is 4.74 Å². The molecule has 6 heteroatoms. The molecule has 0 atom stereocenters. The Morgan fingerprint density at radius 1 is 1.25 bits per heavy atom. The Morgan fingerprint density at radius 2 is 1.75 bits per heavy atom. The molecule has 1 rings (SSSR count). The second-order valence-electron chi connectivity index (χ2n) is 2.88. The first-order valence-corrected chi connectivity index (χ1v) is 4.25. The van der Waals surface area contributed by atoms with Gasteiger partial charge in [-0.05, 0) is 17.7 Å². The van der Waals surface area contributed by atoms with Gasteiger partial charge in [0.1, 0.15) is 5.75 Å². The fraction of sp³-hybridized carbons (Fsp3) is 0.200. The third-order valence-electron chi connectivity index (χ3n) is 1.85. The Morgan fingerprint density at radius 3 is 2.06 bits per heavy atom. The van der Waals surface area contributed by atoms with E-state index in [1.807, 2.05) is 0 Å². The first kappa shape index (κ1) is 12.3. The Hall–Kier alpha value is -1.82. The fourth-order valence-corrected chi connectivity index (χ4v) is 1.23. The summed E-state index contributed by atoms with van der Waals surface area (Å²) in [5.74, 6) is -0.475. The molecule has 1 aromatic carbocycles. The van der Waals surface area contributed by atoms with E-state index in [0.717, 1.165) is 0 Å². The fourth-order valence-electron chi connectivity index (χ4n) is 1.23. The lowest BCUT2D eigenvalue weighted by molar-refractivity contribution is -0.0503. The zero-order valence-electron chi connectivity index (χ0n) is 8.02. The number of carbonyl (C=O) groups is 2. The van der Waals surface area contributed by atoms with Gasteiger partial charge in [-0.15, -0.1) is 0 Å². The number of rotatable bonds is 5. The van der Waals surface area contributed by atoms with Crippen LogP contribution in [0.2, 0.25) is 0 Å². The van der Waals surface area contributed by atoms with E-state index in [1.165, 1.54) is 12.1 Å². The Labute approximate surface area is 89.5 Å². The quantitative estimate of drug-likeness (QED) is 0.776. The van der Waals surface area contributed by atoms with Crippen molar-refractivity contribution in [1.82, 2.24) is 0 Å². The highest BCUT2D eigenvalue weighted by Gasteiger charge is 2.15. The largest absolute Gasteiger partial charge is 0.433 e. The molecular weight excluding hydrogens is 222 g/mol. The summed E-state index contributed by atoms with van der Waals surface area (Å²) in [4.78, 5) is 21.2. The lowest BCUT2D eigenvalue weighted by Crippen LogP contribution is -2.07. The van der Waals surface area contributed by atoms with Gasteiger partial charge in [0, 0.05) is 0 Å². The number of carbonyl (C=O) groups excluding carboxylic acids is 2. The molecule has 0 fully saturated rings. The van der Waals surface area contributed by atoms with Crippen LogP contribution in [-0.2, 0) is 6.61 Å². The molecule has 0 spiro atoms. The molecule has 0 aromatic heterocycles. The molecule has 0 aliphatic heterocycles. The summed E-state index contributed by atoms with van der Waals surface area (Å²) in [6.07, 6.45) is 0.563. The van der Waals surface area contributed by atoms with Crippen molar-refractivity contribution in [3.05, 3.63) is 28.8 Å². The standard InChI is InChI=1S/C10H8F2O4/c11-10(12)16-9-7(4-14)1-6(3-13)2-8(9)5-15/h1-2,4-5,10,13H,3H2. The van der Waals surface area contributed by atoms with Crippen molar-refractivity contribution in [1.29, 1.82) is 0 Å². The molecule has 16 heavy (non-hydrogen) atoms. The van der Waals surface area contributed by atoms with Crippen molar-refractivity contribution >= 4 is 12.6 Å². The minimum Gasteiger partial charge on any atom is -0.433 e. The molecule has 1 N–H and O–H groups in total. The maximum atomic E-state index is 12.0. The lowest BCUT2D eigenvalue weighted by atomic mass is 10.1. The van der Waals surface area contributed by atoms with Crippen LogP contribution in [0, 0.1) is 0 Å². The van der Waals surface area contributed by atoms with Crippen molar-refractivity contribution in [3.63, 3.8) is 0 Å². The zero-order valence-corrected chi connectivity index (χ0v) is 8.02. The number of aldehydes is 2. The highest BCUT2D eigenvalue weighted by Crippen LogP contribution is 2.25. The van der Waals surface area contributed by atoms with Crippen LogP contribution in [-0.4, -0.2) is 24.3 Å². The summed E-state index contributed by atoms with van der Waals surface area (Å²) in [5.41, 5.74) is -0.131. The van der Waals surface area contributed by atoms with Gasteiger partial charge >= 0.3 is 6.61 Å². The Bertz CT molecular complexity index is 375. The van der Waals surface area contributed by atoms with Crippen LogP contribution in [0.1, 0.15) is 26.3 Å². The predicted octanol–water partition coefficient (Wildman–Crippen LogP) is 1.41. The predicted molar refractivity (Wildman–Crippen MR) is 49.8 cm³/mol.